The van der Waals surface area contributed by atoms with Crippen molar-refractivity contribution in [3.63, 3.8) is 0 Å². The zero-order valence-electron chi connectivity index (χ0n) is 12.2. The van der Waals surface area contributed by atoms with Crippen molar-refractivity contribution in [2.24, 2.45) is 0 Å². The molecular weight excluding hydrogens is 276 g/mol. The number of rotatable bonds is 3. The fraction of sp³-hybridized carbons (Fsp3) is 0.167. The first-order valence-corrected chi connectivity index (χ1v) is 7.54. The largest absolute Gasteiger partial charge is 0.337 e. The van der Waals surface area contributed by atoms with Crippen LogP contribution in [0.1, 0.15) is 25.3 Å². The molecule has 3 rings (SSSR count). The average molecular weight is 294 g/mol. The summed E-state index contributed by atoms with van der Waals surface area (Å²) < 4.78 is 0. The number of aromatic amines is 1. The summed E-state index contributed by atoms with van der Waals surface area (Å²) in [6.45, 7) is 4.39. The molecule has 0 atom stereocenters. The summed E-state index contributed by atoms with van der Waals surface area (Å²) in [5.41, 5.74) is 4.47. The van der Waals surface area contributed by atoms with Crippen molar-refractivity contribution in [2.45, 2.75) is 24.8 Å². The molecule has 21 heavy (non-hydrogen) atoms. The second-order valence-corrected chi connectivity index (χ2v) is 5.85. The Morgan fingerprint density at radius 1 is 0.905 bits per heavy atom. The van der Waals surface area contributed by atoms with E-state index >= 15 is 0 Å². The molecule has 1 heterocycles. The van der Waals surface area contributed by atoms with E-state index in [-0.39, 0.29) is 0 Å². The van der Waals surface area contributed by atoms with Gasteiger partial charge in [-0.2, -0.15) is 0 Å². The second-order valence-electron chi connectivity index (χ2n) is 5.43. The highest BCUT2D eigenvalue weighted by molar-refractivity contribution is 7.80. The molecule has 0 fully saturated rings. The van der Waals surface area contributed by atoms with Crippen molar-refractivity contribution >= 4 is 12.6 Å². The Morgan fingerprint density at radius 2 is 1.57 bits per heavy atom. The highest BCUT2D eigenvalue weighted by atomic mass is 32.1. The highest BCUT2D eigenvalue weighted by Crippen LogP contribution is 2.28. The number of benzene rings is 2. The first-order chi connectivity index (χ1) is 10.1. The summed E-state index contributed by atoms with van der Waals surface area (Å²) in [5.74, 6) is 1.39. The Kier molecular flexibility index (Phi) is 3.84. The maximum absolute atomic E-state index is 4.54. The van der Waals surface area contributed by atoms with Crippen LogP contribution in [-0.4, -0.2) is 9.97 Å². The van der Waals surface area contributed by atoms with Gasteiger partial charge < -0.3 is 4.98 Å². The molecule has 0 aliphatic heterocycles. The van der Waals surface area contributed by atoms with Crippen molar-refractivity contribution < 1.29 is 0 Å². The van der Waals surface area contributed by atoms with Gasteiger partial charge >= 0.3 is 0 Å². The maximum Gasteiger partial charge on any atom is 0.139 e. The Bertz CT molecular complexity index is 728. The molecule has 3 heteroatoms. The molecule has 0 amide bonds. The first-order valence-electron chi connectivity index (χ1n) is 7.10. The standard InChI is InChI=1S/C18H18N2S/c1-12(2)13-8-10-15(11-9-13)17-19-16(18(21)20-17)14-6-4-3-5-7-14/h3-12,21H,1-2H3,(H,19,20). The Balaban J connectivity index is 1.97. The maximum atomic E-state index is 4.54. The number of nitrogens with one attached hydrogen (secondary N) is 1. The molecule has 1 aromatic heterocycles. The number of hydrogen-bond acceptors (Lipinski definition) is 2. The number of nitrogens with zero attached hydrogens (tertiary/aromatic N) is 1. The van der Waals surface area contributed by atoms with Crippen LogP contribution in [0.3, 0.4) is 0 Å². The minimum Gasteiger partial charge on any atom is -0.337 e. The predicted molar refractivity (Wildman–Crippen MR) is 90.8 cm³/mol. The van der Waals surface area contributed by atoms with Gasteiger partial charge in [0.1, 0.15) is 10.9 Å². The molecule has 0 unspecified atom stereocenters. The van der Waals surface area contributed by atoms with Gasteiger partial charge in [-0.15, -0.1) is 12.6 Å². The lowest BCUT2D eigenvalue weighted by atomic mass is 10.0. The third kappa shape index (κ3) is 2.88. The summed E-state index contributed by atoms with van der Waals surface area (Å²) >= 11 is 4.49. The van der Waals surface area contributed by atoms with Gasteiger partial charge in [-0.05, 0) is 11.5 Å². The van der Waals surface area contributed by atoms with E-state index in [9.17, 15) is 0 Å². The topological polar surface area (TPSA) is 28.7 Å². The van der Waals surface area contributed by atoms with E-state index in [1.54, 1.807) is 0 Å². The van der Waals surface area contributed by atoms with Gasteiger partial charge in [0.25, 0.3) is 0 Å². The molecule has 3 aromatic rings. The molecule has 0 saturated carbocycles. The lowest BCUT2D eigenvalue weighted by Crippen LogP contribution is -1.87. The molecule has 0 bridgehead atoms. The molecule has 106 valence electrons. The van der Waals surface area contributed by atoms with Gasteiger partial charge in [-0.1, -0.05) is 68.4 Å². The van der Waals surface area contributed by atoms with E-state index in [0.717, 1.165) is 27.7 Å². The zero-order valence-corrected chi connectivity index (χ0v) is 13.1. The Morgan fingerprint density at radius 3 is 2.19 bits per heavy atom. The number of imidazole rings is 1. The average Bonchev–Trinajstić information content (AvgIpc) is 2.90. The lowest BCUT2D eigenvalue weighted by Gasteiger charge is -2.05. The van der Waals surface area contributed by atoms with Crippen molar-refractivity contribution in [2.75, 3.05) is 0 Å². The fourth-order valence-electron chi connectivity index (χ4n) is 2.33. The number of hydrogen-bond donors (Lipinski definition) is 2. The molecule has 0 aliphatic rings. The second kappa shape index (κ2) is 5.78. The number of aromatic nitrogens is 2. The van der Waals surface area contributed by atoms with Crippen LogP contribution >= 0.6 is 12.6 Å². The van der Waals surface area contributed by atoms with E-state index in [1.807, 2.05) is 18.2 Å². The summed E-state index contributed by atoms with van der Waals surface area (Å²) in [5, 5.41) is 0.726. The van der Waals surface area contributed by atoms with E-state index in [4.69, 9.17) is 0 Å². The smallest absolute Gasteiger partial charge is 0.139 e. The first kappa shape index (κ1) is 14.0. The van der Waals surface area contributed by atoms with E-state index in [2.05, 4.69) is 72.8 Å². The fourth-order valence-corrected chi connectivity index (χ4v) is 2.62. The van der Waals surface area contributed by atoms with Crippen LogP contribution in [0.2, 0.25) is 0 Å². The van der Waals surface area contributed by atoms with E-state index in [0.29, 0.717) is 5.92 Å². The van der Waals surface area contributed by atoms with Crippen LogP contribution < -0.4 is 0 Å². The van der Waals surface area contributed by atoms with Gasteiger partial charge in [0.05, 0.1) is 5.69 Å². The van der Waals surface area contributed by atoms with Crippen LogP contribution in [0.15, 0.2) is 59.6 Å². The number of H-pyrrole nitrogens is 1. The SMILES string of the molecule is CC(C)c1ccc(-c2nc(S)c(-c3ccccc3)[nH]2)cc1. The highest BCUT2D eigenvalue weighted by Gasteiger charge is 2.10. The van der Waals surface area contributed by atoms with Crippen LogP contribution in [0.5, 0.6) is 0 Å². The molecule has 0 radical (unpaired) electrons. The zero-order chi connectivity index (χ0) is 14.8. The van der Waals surface area contributed by atoms with Gasteiger partial charge in [0.2, 0.25) is 0 Å². The summed E-state index contributed by atoms with van der Waals surface area (Å²) in [7, 11) is 0. The minimum absolute atomic E-state index is 0.538. The molecule has 0 saturated heterocycles. The van der Waals surface area contributed by atoms with E-state index < -0.39 is 0 Å². The summed E-state index contributed by atoms with van der Waals surface area (Å²) in [6, 6.07) is 18.7. The van der Waals surface area contributed by atoms with Gasteiger partial charge in [0.15, 0.2) is 0 Å². The van der Waals surface area contributed by atoms with Crippen LogP contribution in [0, 0.1) is 0 Å². The number of thiol groups is 1. The Hall–Kier alpha value is -2.00. The molecule has 2 nitrogen and oxygen atoms in total. The molecule has 0 spiro atoms. The monoisotopic (exact) mass is 294 g/mol. The predicted octanol–water partition coefficient (Wildman–Crippen LogP) is 5.16. The van der Waals surface area contributed by atoms with Crippen molar-refractivity contribution in [1.29, 1.82) is 0 Å². The summed E-state index contributed by atoms with van der Waals surface area (Å²) in [6.07, 6.45) is 0. The lowest BCUT2D eigenvalue weighted by molar-refractivity contribution is 0.867. The minimum atomic E-state index is 0.538. The molecule has 1 N–H and O–H groups in total. The third-order valence-corrected chi connectivity index (χ3v) is 3.92. The normalized spacial score (nSPS) is 11.0. The molecular formula is C18H18N2S. The van der Waals surface area contributed by atoms with Gasteiger partial charge in [-0.25, -0.2) is 4.98 Å². The molecule has 0 aliphatic carbocycles. The van der Waals surface area contributed by atoms with Crippen molar-refractivity contribution in [3.05, 3.63) is 60.2 Å². The van der Waals surface area contributed by atoms with Crippen LogP contribution in [-0.2, 0) is 0 Å². The van der Waals surface area contributed by atoms with Crippen molar-refractivity contribution in [1.82, 2.24) is 9.97 Å². The Labute approximate surface area is 130 Å². The quantitative estimate of drug-likeness (QED) is 0.642. The summed E-state index contributed by atoms with van der Waals surface area (Å²) in [4.78, 5) is 7.92. The van der Waals surface area contributed by atoms with Gasteiger partial charge in [0, 0.05) is 11.1 Å². The van der Waals surface area contributed by atoms with Crippen LogP contribution in [0.25, 0.3) is 22.6 Å². The van der Waals surface area contributed by atoms with Crippen molar-refractivity contribution in [3.8, 4) is 22.6 Å². The molecule has 2 aromatic carbocycles. The van der Waals surface area contributed by atoms with Gasteiger partial charge in [-0.3, -0.25) is 0 Å². The third-order valence-electron chi connectivity index (χ3n) is 3.60. The van der Waals surface area contributed by atoms with E-state index in [1.165, 1.54) is 5.56 Å². The van der Waals surface area contributed by atoms with Crippen LogP contribution in [0.4, 0.5) is 0 Å².